The minimum Gasteiger partial charge on any atom is -0.352 e. The van der Waals surface area contributed by atoms with E-state index < -0.39 is 23.4 Å². The first-order valence-corrected chi connectivity index (χ1v) is 13.5. The van der Waals surface area contributed by atoms with Gasteiger partial charge in [0.25, 0.3) is 0 Å². The van der Waals surface area contributed by atoms with Gasteiger partial charge in [0.05, 0.1) is 6.04 Å². The molecule has 1 saturated heterocycles. The Morgan fingerprint density at radius 1 is 0.769 bits per heavy atom. The van der Waals surface area contributed by atoms with Crippen molar-refractivity contribution in [2.75, 3.05) is 4.90 Å². The molecule has 0 radical (unpaired) electrons. The van der Waals surface area contributed by atoms with Crippen molar-refractivity contribution in [1.29, 1.82) is 0 Å². The van der Waals surface area contributed by atoms with E-state index in [1.54, 1.807) is 54.6 Å². The molecule has 1 aliphatic carbocycles. The number of anilines is 1. The molecular weight excluding hydrogens is 529 g/mol. The molecule has 7 rings (SSSR count). The lowest BCUT2D eigenvalue weighted by atomic mass is 9.64. The molecule has 0 saturated carbocycles. The Labute approximate surface area is 235 Å². The highest BCUT2D eigenvalue weighted by molar-refractivity contribution is 6.36. The third-order valence-corrected chi connectivity index (χ3v) is 8.90. The normalized spacial score (nSPS) is 22.1. The number of fused-ring (bicyclic) bond motifs is 5. The summed E-state index contributed by atoms with van der Waals surface area (Å²) in [5, 5.41) is 0.739. The molecule has 3 aliphatic rings. The zero-order valence-corrected chi connectivity index (χ0v) is 22.1. The first kappa shape index (κ1) is 24.1. The Hall–Kier alpha value is -3.99. The molecule has 4 nitrogen and oxygen atoms in total. The van der Waals surface area contributed by atoms with Gasteiger partial charge in [0, 0.05) is 38.3 Å². The Kier molecular flexibility index (Phi) is 5.41. The van der Waals surface area contributed by atoms with Crippen LogP contribution in [0.25, 0.3) is 6.08 Å². The summed E-state index contributed by atoms with van der Waals surface area (Å²) in [6.45, 7) is 0. The molecule has 4 aromatic carbocycles. The van der Waals surface area contributed by atoms with Crippen LogP contribution >= 0.6 is 23.2 Å². The summed E-state index contributed by atoms with van der Waals surface area (Å²) < 4.78 is 0. The predicted molar refractivity (Wildman–Crippen MR) is 153 cm³/mol. The number of para-hydroxylation sites is 1. The van der Waals surface area contributed by atoms with Crippen LogP contribution in [0.5, 0.6) is 0 Å². The minimum atomic E-state index is -1.60. The van der Waals surface area contributed by atoms with Crippen LogP contribution in [0.4, 0.5) is 5.69 Å². The van der Waals surface area contributed by atoms with Gasteiger partial charge in [0.15, 0.2) is 17.3 Å². The molecule has 190 valence electrons. The number of ketones is 3. The zero-order chi connectivity index (χ0) is 26.9. The van der Waals surface area contributed by atoms with Crippen molar-refractivity contribution >= 4 is 52.3 Å². The SMILES string of the molecule is O=C(c1ccccc1)[C@@H]1[C@@H](c2ccc(Cl)cc2Cl)C2(C(=O)c3ccccc3C2=O)[C@@H]2C=Cc3ccccc3N12. The van der Waals surface area contributed by atoms with Crippen LogP contribution < -0.4 is 4.90 Å². The summed E-state index contributed by atoms with van der Waals surface area (Å²) in [6.07, 6.45) is 3.84. The van der Waals surface area contributed by atoms with Crippen LogP contribution in [-0.4, -0.2) is 29.4 Å². The average Bonchev–Trinajstić information content (AvgIpc) is 3.39. The number of halogens is 2. The van der Waals surface area contributed by atoms with E-state index in [1.807, 2.05) is 59.5 Å². The van der Waals surface area contributed by atoms with Crippen LogP contribution in [0.15, 0.2) is 103 Å². The molecule has 0 unspecified atom stereocenters. The lowest BCUT2D eigenvalue weighted by Crippen LogP contribution is -2.48. The lowest BCUT2D eigenvalue weighted by Gasteiger charge is -2.37. The van der Waals surface area contributed by atoms with E-state index in [0.717, 1.165) is 11.3 Å². The average molecular weight is 550 g/mol. The number of hydrogen-bond acceptors (Lipinski definition) is 4. The van der Waals surface area contributed by atoms with Crippen LogP contribution in [0, 0.1) is 5.41 Å². The highest BCUT2D eigenvalue weighted by atomic mass is 35.5. The molecular formula is C33H21Cl2NO3. The van der Waals surface area contributed by atoms with E-state index in [0.29, 0.717) is 32.3 Å². The van der Waals surface area contributed by atoms with E-state index in [9.17, 15) is 14.4 Å². The zero-order valence-electron chi connectivity index (χ0n) is 20.6. The maximum absolute atomic E-state index is 14.6. The molecule has 0 aromatic heterocycles. The second-order valence-corrected chi connectivity index (χ2v) is 11.0. The first-order chi connectivity index (χ1) is 18.9. The number of rotatable bonds is 3. The van der Waals surface area contributed by atoms with E-state index in [-0.39, 0.29) is 17.3 Å². The lowest BCUT2D eigenvalue weighted by molar-refractivity contribution is 0.0666. The fourth-order valence-corrected chi connectivity index (χ4v) is 7.31. The van der Waals surface area contributed by atoms with Gasteiger partial charge in [0.1, 0.15) is 11.5 Å². The van der Waals surface area contributed by atoms with Gasteiger partial charge in [-0.3, -0.25) is 14.4 Å². The van der Waals surface area contributed by atoms with Gasteiger partial charge in [-0.1, -0.05) is 114 Å². The molecule has 0 amide bonds. The molecule has 2 heterocycles. The highest BCUT2D eigenvalue weighted by Gasteiger charge is 2.71. The highest BCUT2D eigenvalue weighted by Crippen LogP contribution is 2.61. The van der Waals surface area contributed by atoms with Gasteiger partial charge in [-0.2, -0.15) is 0 Å². The van der Waals surface area contributed by atoms with Crippen LogP contribution in [0.3, 0.4) is 0 Å². The molecule has 0 bridgehead atoms. The number of carbonyl (C=O) groups is 3. The maximum Gasteiger partial charge on any atom is 0.185 e. The van der Waals surface area contributed by atoms with E-state index in [4.69, 9.17) is 23.2 Å². The minimum absolute atomic E-state index is 0.185. The van der Waals surface area contributed by atoms with Crippen LogP contribution in [-0.2, 0) is 0 Å². The van der Waals surface area contributed by atoms with Gasteiger partial charge >= 0.3 is 0 Å². The number of carbonyl (C=O) groups excluding carboxylic acids is 3. The quantitative estimate of drug-likeness (QED) is 0.198. The second kappa shape index (κ2) is 8.77. The monoisotopic (exact) mass is 549 g/mol. The van der Waals surface area contributed by atoms with Gasteiger partial charge in [-0.15, -0.1) is 0 Å². The molecule has 0 N–H and O–H groups in total. The fourth-order valence-electron chi connectivity index (χ4n) is 6.79. The van der Waals surface area contributed by atoms with Crippen molar-refractivity contribution in [3.63, 3.8) is 0 Å². The van der Waals surface area contributed by atoms with E-state index >= 15 is 0 Å². The summed E-state index contributed by atoms with van der Waals surface area (Å²) in [7, 11) is 0. The topological polar surface area (TPSA) is 54.5 Å². The van der Waals surface area contributed by atoms with E-state index in [2.05, 4.69) is 0 Å². The summed E-state index contributed by atoms with van der Waals surface area (Å²) in [5.74, 6) is -1.64. The number of Topliss-reactive ketones (excluding diaryl/α,β-unsaturated/α-hetero) is 3. The van der Waals surface area contributed by atoms with Gasteiger partial charge < -0.3 is 4.90 Å². The third-order valence-electron chi connectivity index (χ3n) is 8.34. The van der Waals surface area contributed by atoms with Gasteiger partial charge in [-0.25, -0.2) is 0 Å². The third kappa shape index (κ3) is 3.22. The summed E-state index contributed by atoms with van der Waals surface area (Å²) in [4.78, 5) is 45.7. The largest absolute Gasteiger partial charge is 0.352 e. The van der Waals surface area contributed by atoms with Gasteiger partial charge in [-0.05, 0) is 29.3 Å². The standard InChI is InChI=1S/C33H21Cl2NO3/c34-21-15-16-24(25(35)18-21)28-29(30(37)20-9-2-1-3-10-20)36-26-13-7-4-8-19(26)14-17-27(36)33(28)31(38)22-11-5-6-12-23(22)32(33)39/h1-18,27-29H/t27-,28+,29-/m0/s1. The molecule has 4 aromatic rings. The maximum atomic E-state index is 14.6. The van der Waals surface area contributed by atoms with Crippen molar-refractivity contribution in [2.45, 2.75) is 18.0 Å². The number of hydrogen-bond donors (Lipinski definition) is 0. The summed E-state index contributed by atoms with van der Waals surface area (Å²) in [5.41, 5.74) is 1.90. The molecule has 6 heteroatoms. The summed E-state index contributed by atoms with van der Waals surface area (Å²) in [6, 6.07) is 27.1. The van der Waals surface area contributed by atoms with Crippen molar-refractivity contribution in [3.05, 3.63) is 141 Å². The fraction of sp³-hybridized carbons (Fsp3) is 0.121. The Morgan fingerprint density at radius 2 is 1.41 bits per heavy atom. The Bertz CT molecular complexity index is 1690. The van der Waals surface area contributed by atoms with Crippen molar-refractivity contribution in [2.24, 2.45) is 5.41 Å². The van der Waals surface area contributed by atoms with Gasteiger partial charge in [0.2, 0.25) is 0 Å². The van der Waals surface area contributed by atoms with Crippen LogP contribution in [0.1, 0.15) is 48.1 Å². The predicted octanol–water partition coefficient (Wildman–Crippen LogP) is 7.31. The Balaban J connectivity index is 1.57. The van der Waals surface area contributed by atoms with Crippen molar-refractivity contribution < 1.29 is 14.4 Å². The smallest absolute Gasteiger partial charge is 0.185 e. The number of nitrogens with zero attached hydrogens (tertiary/aromatic N) is 1. The van der Waals surface area contributed by atoms with Crippen LogP contribution in [0.2, 0.25) is 10.0 Å². The molecule has 2 aliphatic heterocycles. The Morgan fingerprint density at radius 3 is 2.10 bits per heavy atom. The van der Waals surface area contributed by atoms with Crippen molar-refractivity contribution in [1.82, 2.24) is 0 Å². The first-order valence-electron chi connectivity index (χ1n) is 12.7. The molecule has 1 fully saturated rings. The number of benzene rings is 4. The molecule has 3 atom stereocenters. The van der Waals surface area contributed by atoms with E-state index in [1.165, 1.54) is 0 Å². The second-order valence-electron chi connectivity index (χ2n) is 10.2. The molecule has 39 heavy (non-hydrogen) atoms. The summed E-state index contributed by atoms with van der Waals surface area (Å²) >= 11 is 13.1. The molecule has 1 spiro atoms. The van der Waals surface area contributed by atoms with Crippen molar-refractivity contribution in [3.8, 4) is 0 Å².